The zero-order valence-corrected chi connectivity index (χ0v) is 10.9. The van der Waals surface area contributed by atoms with Gasteiger partial charge in [0.15, 0.2) is 0 Å². The third-order valence-electron chi connectivity index (χ3n) is 3.77. The van der Waals surface area contributed by atoms with Crippen molar-refractivity contribution in [3.8, 4) is 0 Å². The van der Waals surface area contributed by atoms with Crippen molar-refractivity contribution < 1.29 is 4.79 Å². The molecule has 2 unspecified atom stereocenters. The highest BCUT2D eigenvalue weighted by Crippen LogP contribution is 2.23. The molecule has 0 aromatic rings. The van der Waals surface area contributed by atoms with Crippen LogP contribution in [0.15, 0.2) is 0 Å². The zero-order chi connectivity index (χ0) is 12.1. The highest BCUT2D eigenvalue weighted by Gasteiger charge is 2.31. The van der Waals surface area contributed by atoms with Crippen LogP contribution >= 0.6 is 0 Å². The summed E-state index contributed by atoms with van der Waals surface area (Å²) in [5.41, 5.74) is 5.98. The topological polar surface area (TPSA) is 46.3 Å². The monoisotopic (exact) mass is 226 g/mol. The molecule has 1 aliphatic rings. The normalized spacial score (nSPS) is 23.6. The van der Waals surface area contributed by atoms with Crippen LogP contribution in [0.2, 0.25) is 0 Å². The smallest absolute Gasteiger partial charge is 0.225 e. The van der Waals surface area contributed by atoms with Gasteiger partial charge in [0, 0.05) is 24.5 Å². The molecule has 2 N–H and O–H groups in total. The predicted molar refractivity (Wildman–Crippen MR) is 67.1 cm³/mol. The standard InChI is InChI=1S/C13H26N2O/c1-4-11(5-2)13(16)15-9-7-6-8-12(15)10(3)14/h10-12H,4-9,14H2,1-3H3. The van der Waals surface area contributed by atoms with Crippen LogP contribution in [0.1, 0.15) is 52.9 Å². The fraction of sp³-hybridized carbons (Fsp3) is 0.923. The van der Waals surface area contributed by atoms with Crippen LogP contribution in [0.5, 0.6) is 0 Å². The van der Waals surface area contributed by atoms with Crippen LogP contribution < -0.4 is 5.73 Å². The van der Waals surface area contributed by atoms with Crippen LogP contribution in [-0.2, 0) is 4.79 Å². The first-order valence-electron chi connectivity index (χ1n) is 6.67. The molecule has 3 heteroatoms. The lowest BCUT2D eigenvalue weighted by Gasteiger charge is -2.39. The van der Waals surface area contributed by atoms with E-state index in [9.17, 15) is 4.79 Å². The van der Waals surface area contributed by atoms with Gasteiger partial charge in [-0.05, 0) is 39.0 Å². The van der Waals surface area contributed by atoms with Crippen molar-refractivity contribution in [2.75, 3.05) is 6.54 Å². The van der Waals surface area contributed by atoms with Crippen molar-refractivity contribution in [1.29, 1.82) is 0 Å². The fourth-order valence-electron chi connectivity index (χ4n) is 2.65. The Hall–Kier alpha value is -0.570. The van der Waals surface area contributed by atoms with Gasteiger partial charge in [-0.25, -0.2) is 0 Å². The number of likely N-dealkylation sites (tertiary alicyclic amines) is 1. The van der Waals surface area contributed by atoms with Gasteiger partial charge in [-0.15, -0.1) is 0 Å². The van der Waals surface area contributed by atoms with E-state index in [0.29, 0.717) is 5.91 Å². The van der Waals surface area contributed by atoms with Crippen molar-refractivity contribution in [2.24, 2.45) is 11.7 Å². The maximum atomic E-state index is 12.3. The van der Waals surface area contributed by atoms with E-state index in [1.807, 2.05) is 11.8 Å². The molecule has 1 rings (SSSR count). The van der Waals surface area contributed by atoms with Gasteiger partial charge in [-0.2, -0.15) is 0 Å². The first-order valence-corrected chi connectivity index (χ1v) is 6.67. The molecule has 1 fully saturated rings. The van der Waals surface area contributed by atoms with Crippen molar-refractivity contribution in [3.05, 3.63) is 0 Å². The van der Waals surface area contributed by atoms with E-state index < -0.39 is 0 Å². The summed E-state index contributed by atoms with van der Waals surface area (Å²) in [6, 6.07) is 0.362. The molecule has 1 heterocycles. The number of piperidine rings is 1. The molecule has 0 radical (unpaired) electrons. The molecular weight excluding hydrogens is 200 g/mol. The second-order valence-corrected chi connectivity index (χ2v) is 4.97. The number of hydrogen-bond donors (Lipinski definition) is 1. The first kappa shape index (κ1) is 13.5. The summed E-state index contributed by atoms with van der Waals surface area (Å²) >= 11 is 0. The minimum Gasteiger partial charge on any atom is -0.338 e. The number of nitrogens with zero attached hydrogens (tertiary/aromatic N) is 1. The van der Waals surface area contributed by atoms with Crippen molar-refractivity contribution in [3.63, 3.8) is 0 Å². The molecule has 0 spiro atoms. The molecule has 0 aliphatic carbocycles. The van der Waals surface area contributed by atoms with Gasteiger partial charge in [0.05, 0.1) is 0 Å². The van der Waals surface area contributed by atoms with Crippen LogP contribution in [0.3, 0.4) is 0 Å². The van der Waals surface area contributed by atoms with Crippen molar-refractivity contribution >= 4 is 5.91 Å². The molecule has 16 heavy (non-hydrogen) atoms. The molecular formula is C13H26N2O. The average molecular weight is 226 g/mol. The van der Waals surface area contributed by atoms with Gasteiger partial charge < -0.3 is 10.6 Å². The van der Waals surface area contributed by atoms with Gasteiger partial charge in [0.1, 0.15) is 0 Å². The Morgan fingerprint density at radius 3 is 2.50 bits per heavy atom. The first-order chi connectivity index (χ1) is 7.61. The van der Waals surface area contributed by atoms with E-state index in [4.69, 9.17) is 5.73 Å². The van der Waals surface area contributed by atoms with Crippen LogP contribution in [-0.4, -0.2) is 29.4 Å². The van der Waals surface area contributed by atoms with Gasteiger partial charge >= 0.3 is 0 Å². The van der Waals surface area contributed by atoms with Gasteiger partial charge in [-0.3, -0.25) is 4.79 Å². The van der Waals surface area contributed by atoms with Gasteiger partial charge in [0.2, 0.25) is 5.91 Å². The summed E-state index contributed by atoms with van der Waals surface area (Å²) in [6.07, 6.45) is 5.30. The number of rotatable bonds is 4. The van der Waals surface area contributed by atoms with E-state index in [1.165, 1.54) is 6.42 Å². The summed E-state index contributed by atoms with van der Waals surface area (Å²) < 4.78 is 0. The second-order valence-electron chi connectivity index (χ2n) is 4.97. The van der Waals surface area contributed by atoms with Crippen LogP contribution in [0, 0.1) is 5.92 Å². The highest BCUT2D eigenvalue weighted by atomic mass is 16.2. The fourth-order valence-corrected chi connectivity index (χ4v) is 2.65. The molecule has 3 nitrogen and oxygen atoms in total. The predicted octanol–water partition coefficient (Wildman–Crippen LogP) is 2.15. The third-order valence-corrected chi connectivity index (χ3v) is 3.77. The Morgan fingerprint density at radius 2 is 2.00 bits per heavy atom. The van der Waals surface area contributed by atoms with E-state index in [0.717, 1.165) is 32.2 Å². The zero-order valence-electron chi connectivity index (χ0n) is 10.9. The van der Waals surface area contributed by atoms with E-state index >= 15 is 0 Å². The summed E-state index contributed by atoms with van der Waals surface area (Å²) in [5.74, 6) is 0.520. The van der Waals surface area contributed by atoms with Crippen molar-refractivity contribution in [1.82, 2.24) is 4.90 Å². The summed E-state index contributed by atoms with van der Waals surface area (Å²) in [6.45, 7) is 7.11. The Kier molecular flexibility index (Phi) is 5.26. The van der Waals surface area contributed by atoms with Gasteiger partial charge in [-0.1, -0.05) is 13.8 Å². The quantitative estimate of drug-likeness (QED) is 0.798. The number of carbonyl (C=O) groups excluding carboxylic acids is 1. The third kappa shape index (κ3) is 2.97. The SMILES string of the molecule is CCC(CC)C(=O)N1CCCCC1C(C)N. The molecule has 1 saturated heterocycles. The summed E-state index contributed by atoms with van der Waals surface area (Å²) in [5, 5.41) is 0. The Morgan fingerprint density at radius 1 is 1.38 bits per heavy atom. The number of nitrogens with two attached hydrogens (primary N) is 1. The lowest BCUT2D eigenvalue weighted by molar-refractivity contribution is -0.140. The van der Waals surface area contributed by atoms with Crippen LogP contribution in [0.25, 0.3) is 0 Å². The average Bonchev–Trinajstić information content (AvgIpc) is 2.30. The minimum absolute atomic E-state index is 0.0959. The molecule has 2 atom stereocenters. The van der Waals surface area contributed by atoms with E-state index in [1.54, 1.807) is 0 Å². The minimum atomic E-state index is 0.0959. The molecule has 0 aromatic heterocycles. The Labute approximate surface area is 99.4 Å². The largest absolute Gasteiger partial charge is 0.338 e. The van der Waals surface area contributed by atoms with E-state index in [-0.39, 0.29) is 18.0 Å². The Balaban J connectivity index is 2.70. The molecule has 1 amide bonds. The number of carbonyl (C=O) groups is 1. The Bertz CT molecular complexity index is 224. The van der Waals surface area contributed by atoms with Gasteiger partial charge in [0.25, 0.3) is 0 Å². The summed E-state index contributed by atoms with van der Waals surface area (Å²) in [7, 11) is 0. The maximum Gasteiger partial charge on any atom is 0.225 e. The lowest BCUT2D eigenvalue weighted by Crippen LogP contribution is -2.53. The molecule has 94 valence electrons. The maximum absolute atomic E-state index is 12.3. The van der Waals surface area contributed by atoms with Crippen molar-refractivity contribution in [2.45, 2.75) is 65.0 Å². The molecule has 1 aliphatic heterocycles. The van der Waals surface area contributed by atoms with Crippen LogP contribution in [0.4, 0.5) is 0 Å². The number of hydrogen-bond acceptors (Lipinski definition) is 2. The second kappa shape index (κ2) is 6.24. The highest BCUT2D eigenvalue weighted by molar-refractivity contribution is 5.79. The lowest BCUT2D eigenvalue weighted by atomic mass is 9.93. The van der Waals surface area contributed by atoms with E-state index in [2.05, 4.69) is 13.8 Å². The number of amides is 1. The molecule has 0 saturated carbocycles. The molecule has 0 aromatic carbocycles. The summed E-state index contributed by atoms with van der Waals surface area (Å²) in [4.78, 5) is 14.4. The molecule has 0 bridgehead atoms.